The third kappa shape index (κ3) is 5.73. The van der Waals surface area contributed by atoms with E-state index in [-0.39, 0.29) is 18.2 Å². The van der Waals surface area contributed by atoms with Gasteiger partial charge in [-0.1, -0.05) is 18.2 Å². The quantitative estimate of drug-likeness (QED) is 0.811. The zero-order valence-corrected chi connectivity index (χ0v) is 15.8. The largest absolute Gasteiger partial charge is 0.484 e. The van der Waals surface area contributed by atoms with E-state index in [1.807, 2.05) is 26.0 Å². The summed E-state index contributed by atoms with van der Waals surface area (Å²) >= 11 is 0. The predicted molar refractivity (Wildman–Crippen MR) is 99.1 cm³/mol. The van der Waals surface area contributed by atoms with Crippen LogP contribution in [0.25, 0.3) is 0 Å². The number of hydrogen-bond donors (Lipinski definition) is 1. The van der Waals surface area contributed by atoms with Crippen LogP contribution in [0, 0.1) is 13.8 Å². The van der Waals surface area contributed by atoms with Crippen LogP contribution < -0.4 is 10.1 Å². The molecule has 0 aliphatic rings. The van der Waals surface area contributed by atoms with Gasteiger partial charge in [0.25, 0.3) is 5.91 Å². The Morgan fingerprint density at radius 1 is 1.11 bits per heavy atom. The van der Waals surface area contributed by atoms with Crippen molar-refractivity contribution in [3.63, 3.8) is 0 Å². The van der Waals surface area contributed by atoms with Crippen molar-refractivity contribution in [3.8, 4) is 5.75 Å². The standard InChI is InChI=1S/C20H21F3N2O3/c1-13-6-4-9-17(14(13)2)24-18(26)11-25(3)19(27)12-28-16-8-5-7-15(10-16)20(21,22)23/h4-10H,11-12H2,1-3H3,(H,24,26). The van der Waals surface area contributed by atoms with Gasteiger partial charge in [0.1, 0.15) is 5.75 Å². The second-order valence-electron chi connectivity index (χ2n) is 6.36. The maximum absolute atomic E-state index is 12.7. The van der Waals surface area contributed by atoms with Gasteiger partial charge in [-0.3, -0.25) is 9.59 Å². The maximum atomic E-state index is 12.7. The molecule has 150 valence electrons. The number of alkyl halides is 3. The van der Waals surface area contributed by atoms with Gasteiger partial charge in [-0.15, -0.1) is 0 Å². The minimum atomic E-state index is -4.49. The Kier molecular flexibility index (Phi) is 6.66. The number of carbonyl (C=O) groups excluding carboxylic acids is 2. The normalized spacial score (nSPS) is 11.1. The van der Waals surface area contributed by atoms with E-state index in [1.165, 1.54) is 19.2 Å². The monoisotopic (exact) mass is 394 g/mol. The Balaban J connectivity index is 1.89. The van der Waals surface area contributed by atoms with Gasteiger partial charge in [0.2, 0.25) is 5.91 Å². The first-order valence-corrected chi connectivity index (χ1v) is 8.48. The van der Waals surface area contributed by atoms with Crippen molar-refractivity contribution in [1.29, 1.82) is 0 Å². The van der Waals surface area contributed by atoms with E-state index in [2.05, 4.69) is 5.32 Å². The topological polar surface area (TPSA) is 58.6 Å². The number of carbonyl (C=O) groups is 2. The summed E-state index contributed by atoms with van der Waals surface area (Å²) in [5, 5.41) is 2.74. The first-order valence-electron chi connectivity index (χ1n) is 8.48. The van der Waals surface area contributed by atoms with Crippen molar-refractivity contribution in [1.82, 2.24) is 4.90 Å². The minimum absolute atomic E-state index is 0.0728. The van der Waals surface area contributed by atoms with E-state index < -0.39 is 24.3 Å². The lowest BCUT2D eigenvalue weighted by molar-refractivity contribution is -0.137. The Hall–Kier alpha value is -3.03. The van der Waals surface area contributed by atoms with Crippen LogP contribution in [0.2, 0.25) is 0 Å². The molecule has 0 aromatic heterocycles. The maximum Gasteiger partial charge on any atom is 0.416 e. The first kappa shape index (κ1) is 21.3. The lowest BCUT2D eigenvalue weighted by Gasteiger charge is -2.18. The molecule has 0 spiro atoms. The Morgan fingerprint density at radius 3 is 2.46 bits per heavy atom. The number of nitrogens with one attached hydrogen (secondary N) is 1. The number of hydrogen-bond acceptors (Lipinski definition) is 3. The molecule has 5 nitrogen and oxygen atoms in total. The zero-order chi connectivity index (χ0) is 20.9. The van der Waals surface area contributed by atoms with E-state index in [4.69, 9.17) is 4.74 Å². The van der Waals surface area contributed by atoms with Crippen LogP contribution >= 0.6 is 0 Å². The molecule has 0 atom stereocenters. The van der Waals surface area contributed by atoms with Gasteiger partial charge in [0, 0.05) is 12.7 Å². The van der Waals surface area contributed by atoms with E-state index in [1.54, 1.807) is 6.07 Å². The summed E-state index contributed by atoms with van der Waals surface area (Å²) in [5.74, 6) is -0.992. The highest BCUT2D eigenvalue weighted by Crippen LogP contribution is 2.31. The summed E-state index contributed by atoms with van der Waals surface area (Å²) in [7, 11) is 1.42. The van der Waals surface area contributed by atoms with Crippen molar-refractivity contribution >= 4 is 17.5 Å². The lowest BCUT2D eigenvalue weighted by atomic mass is 10.1. The van der Waals surface area contributed by atoms with Gasteiger partial charge in [-0.05, 0) is 49.2 Å². The summed E-state index contributed by atoms with van der Waals surface area (Å²) in [6.45, 7) is 3.11. The van der Waals surface area contributed by atoms with Crippen molar-refractivity contribution in [2.24, 2.45) is 0 Å². The summed E-state index contributed by atoms with van der Waals surface area (Å²) in [6, 6.07) is 9.76. The average molecular weight is 394 g/mol. The molecule has 8 heteroatoms. The molecule has 0 radical (unpaired) electrons. The van der Waals surface area contributed by atoms with Crippen molar-refractivity contribution in [3.05, 3.63) is 59.2 Å². The molecule has 0 aliphatic heterocycles. The highest BCUT2D eigenvalue weighted by molar-refractivity contribution is 5.95. The van der Waals surface area contributed by atoms with Gasteiger partial charge in [0.15, 0.2) is 6.61 Å². The molecule has 0 heterocycles. The van der Waals surface area contributed by atoms with Crippen LogP contribution in [0.5, 0.6) is 5.75 Å². The Morgan fingerprint density at radius 2 is 1.79 bits per heavy atom. The molecule has 0 fully saturated rings. The summed E-state index contributed by atoms with van der Waals surface area (Å²) in [4.78, 5) is 25.4. The fourth-order valence-corrected chi connectivity index (χ4v) is 2.40. The lowest BCUT2D eigenvalue weighted by Crippen LogP contribution is -2.37. The molecule has 0 aliphatic carbocycles. The molecule has 2 rings (SSSR count). The van der Waals surface area contributed by atoms with Crippen LogP contribution in [0.4, 0.5) is 18.9 Å². The number of anilines is 1. The molecule has 1 N–H and O–H groups in total. The van der Waals surface area contributed by atoms with Crippen LogP contribution in [-0.2, 0) is 15.8 Å². The number of rotatable bonds is 6. The van der Waals surface area contributed by atoms with E-state index in [0.717, 1.165) is 28.2 Å². The minimum Gasteiger partial charge on any atom is -0.484 e. The molecule has 0 saturated carbocycles. The van der Waals surface area contributed by atoms with Crippen molar-refractivity contribution in [2.45, 2.75) is 20.0 Å². The van der Waals surface area contributed by atoms with Gasteiger partial charge < -0.3 is 15.0 Å². The van der Waals surface area contributed by atoms with Gasteiger partial charge in [0.05, 0.1) is 12.1 Å². The molecule has 2 aromatic rings. The highest BCUT2D eigenvalue weighted by atomic mass is 19.4. The number of benzene rings is 2. The second kappa shape index (κ2) is 8.77. The van der Waals surface area contributed by atoms with Crippen molar-refractivity contribution < 1.29 is 27.5 Å². The number of amides is 2. The van der Waals surface area contributed by atoms with Crippen LogP contribution in [0.15, 0.2) is 42.5 Å². The molecule has 2 aromatic carbocycles. The van der Waals surface area contributed by atoms with Crippen LogP contribution in [0.3, 0.4) is 0 Å². The summed E-state index contributed by atoms with van der Waals surface area (Å²) < 4.78 is 43.2. The molecule has 28 heavy (non-hydrogen) atoms. The number of aryl methyl sites for hydroxylation is 1. The third-order valence-corrected chi connectivity index (χ3v) is 4.21. The third-order valence-electron chi connectivity index (χ3n) is 4.21. The molecule has 2 amide bonds. The van der Waals surface area contributed by atoms with Crippen LogP contribution in [0.1, 0.15) is 16.7 Å². The SMILES string of the molecule is Cc1cccc(NC(=O)CN(C)C(=O)COc2cccc(C(F)(F)F)c2)c1C. The second-order valence-corrected chi connectivity index (χ2v) is 6.36. The highest BCUT2D eigenvalue weighted by Gasteiger charge is 2.30. The van der Waals surface area contributed by atoms with Gasteiger partial charge in [-0.25, -0.2) is 0 Å². The number of halogens is 3. The smallest absolute Gasteiger partial charge is 0.416 e. The first-order chi connectivity index (χ1) is 13.1. The van der Waals surface area contributed by atoms with E-state index in [9.17, 15) is 22.8 Å². The molecule has 0 saturated heterocycles. The number of likely N-dealkylation sites (N-methyl/N-ethyl adjacent to an activating group) is 1. The average Bonchev–Trinajstić information content (AvgIpc) is 2.63. The zero-order valence-electron chi connectivity index (χ0n) is 15.8. The molecular weight excluding hydrogens is 373 g/mol. The summed E-state index contributed by atoms with van der Waals surface area (Å²) in [6.07, 6.45) is -4.49. The van der Waals surface area contributed by atoms with E-state index in [0.29, 0.717) is 5.69 Å². The fraction of sp³-hybridized carbons (Fsp3) is 0.300. The van der Waals surface area contributed by atoms with Crippen LogP contribution in [-0.4, -0.2) is 36.9 Å². The van der Waals surface area contributed by atoms with Crippen molar-refractivity contribution in [2.75, 3.05) is 25.5 Å². The van der Waals surface area contributed by atoms with Gasteiger partial charge in [-0.2, -0.15) is 13.2 Å². The summed E-state index contributed by atoms with van der Waals surface area (Å²) in [5.41, 5.74) is 1.75. The molecule has 0 bridgehead atoms. The molecular formula is C20H21F3N2O3. The van der Waals surface area contributed by atoms with Gasteiger partial charge >= 0.3 is 6.18 Å². The Bertz CT molecular complexity index is 866. The van der Waals surface area contributed by atoms with E-state index >= 15 is 0 Å². The number of nitrogens with zero attached hydrogens (tertiary/aromatic N) is 1. The predicted octanol–water partition coefficient (Wildman–Crippen LogP) is 3.80. The Labute approximate surface area is 161 Å². The fourth-order valence-electron chi connectivity index (χ4n) is 2.40. The molecule has 0 unspecified atom stereocenters. The number of ether oxygens (including phenoxy) is 1.